The van der Waals surface area contributed by atoms with E-state index >= 15 is 0 Å². The molecule has 1 heterocycles. The third kappa shape index (κ3) is 2.33. The molecule has 2 nitrogen and oxygen atoms in total. The molecule has 3 N–H and O–H groups in total. The first kappa shape index (κ1) is 8.24. The van der Waals surface area contributed by atoms with Crippen LogP contribution in [0.5, 0.6) is 0 Å². The number of nitrogens with one attached hydrogen (secondary N) is 1. The van der Waals surface area contributed by atoms with Crippen LogP contribution < -0.4 is 23.1 Å². The smallest absolute Gasteiger partial charge is 0.270 e. The van der Waals surface area contributed by atoms with Gasteiger partial charge in [0.05, 0.1) is 6.20 Å². The molecule has 0 aromatic carbocycles. The van der Waals surface area contributed by atoms with Crippen molar-refractivity contribution < 1.29 is 17.4 Å². The summed E-state index contributed by atoms with van der Waals surface area (Å²) in [6, 6.07) is 3.81. The summed E-state index contributed by atoms with van der Waals surface area (Å²) >= 11 is 0. The van der Waals surface area contributed by atoms with E-state index in [1.165, 1.54) is 5.56 Å². The largest absolute Gasteiger partial charge is 1.00 e. The van der Waals surface area contributed by atoms with Gasteiger partial charge in [0.2, 0.25) is 0 Å². The maximum absolute atomic E-state index is 5.37. The molecule has 1 aromatic rings. The molecule has 0 unspecified atom stereocenters. The number of H-pyrrole nitrogens is 1. The number of hydrogen-bond donors (Lipinski definition) is 1. The maximum atomic E-state index is 5.37. The van der Waals surface area contributed by atoms with Crippen LogP contribution in [0.1, 0.15) is 5.56 Å². The number of nitrogens with two attached hydrogens (primary N) is 1. The van der Waals surface area contributed by atoms with Gasteiger partial charge < -0.3 is 12.4 Å². The Labute approximate surface area is 60.5 Å². The fourth-order valence-corrected chi connectivity index (χ4v) is 0.515. The number of anilines is 1. The monoisotopic (exact) mass is 144 g/mol. The van der Waals surface area contributed by atoms with E-state index in [-0.39, 0.29) is 12.4 Å². The van der Waals surface area contributed by atoms with Gasteiger partial charge >= 0.3 is 0 Å². The highest BCUT2D eigenvalue weighted by Crippen LogP contribution is 1.92. The number of pyridine rings is 1. The Bertz CT molecular complexity index is 150. The van der Waals surface area contributed by atoms with E-state index in [9.17, 15) is 0 Å². The molecule has 0 spiro atoms. The average molecular weight is 145 g/mol. The summed E-state index contributed by atoms with van der Waals surface area (Å²) in [7, 11) is 0. The van der Waals surface area contributed by atoms with Crippen molar-refractivity contribution in [1.29, 1.82) is 0 Å². The molecule has 1 aromatic heterocycles. The molecule has 3 heteroatoms. The third-order valence-corrected chi connectivity index (χ3v) is 0.992. The zero-order chi connectivity index (χ0) is 5.98. The highest BCUT2D eigenvalue weighted by Gasteiger charge is 1.87. The van der Waals surface area contributed by atoms with Crippen LogP contribution in [0.4, 0.5) is 5.82 Å². The molecule has 0 aliphatic heterocycles. The number of nitrogen functional groups attached to an aromatic ring is 1. The van der Waals surface area contributed by atoms with Crippen LogP contribution in [0.25, 0.3) is 0 Å². The van der Waals surface area contributed by atoms with Gasteiger partial charge in [0.1, 0.15) is 0 Å². The number of rotatable bonds is 0. The van der Waals surface area contributed by atoms with Gasteiger partial charge in [-0.1, -0.05) is 0 Å². The highest BCUT2D eigenvalue weighted by atomic mass is 35.5. The van der Waals surface area contributed by atoms with Gasteiger partial charge in [-0.25, -0.2) is 4.98 Å². The van der Waals surface area contributed by atoms with Crippen LogP contribution in [0, 0.1) is 6.92 Å². The Morgan fingerprint density at radius 1 is 1.44 bits per heavy atom. The number of aromatic amines is 1. The highest BCUT2D eigenvalue weighted by molar-refractivity contribution is 5.21. The Hall–Kier alpha value is -0.760. The second-order valence-electron chi connectivity index (χ2n) is 1.82. The van der Waals surface area contributed by atoms with E-state index in [4.69, 9.17) is 5.73 Å². The van der Waals surface area contributed by atoms with Gasteiger partial charge in [0, 0.05) is 6.07 Å². The number of aromatic nitrogens is 1. The van der Waals surface area contributed by atoms with Crippen molar-refractivity contribution in [3.63, 3.8) is 0 Å². The molecule has 50 valence electrons. The van der Waals surface area contributed by atoms with Gasteiger partial charge in [-0.15, -0.1) is 0 Å². The minimum Gasteiger partial charge on any atom is -1.00 e. The third-order valence-electron chi connectivity index (χ3n) is 0.992. The number of hydrogen-bond acceptors (Lipinski definition) is 1. The van der Waals surface area contributed by atoms with E-state index in [0.29, 0.717) is 5.82 Å². The van der Waals surface area contributed by atoms with Gasteiger partial charge in [0.25, 0.3) is 5.82 Å². The predicted octanol–water partition coefficient (Wildman–Crippen LogP) is -2.60. The summed E-state index contributed by atoms with van der Waals surface area (Å²) in [5, 5.41) is 0. The van der Waals surface area contributed by atoms with Gasteiger partial charge in [-0.05, 0) is 18.6 Å². The topological polar surface area (TPSA) is 40.2 Å². The average Bonchev–Trinajstić information content (AvgIpc) is 1.77. The molecule has 0 bridgehead atoms. The van der Waals surface area contributed by atoms with Crippen molar-refractivity contribution in [3.8, 4) is 0 Å². The lowest BCUT2D eigenvalue weighted by molar-refractivity contribution is -0.360. The molecule has 0 radical (unpaired) electrons. The molecule has 0 saturated carbocycles. The quantitative estimate of drug-likeness (QED) is 0.426. The van der Waals surface area contributed by atoms with Crippen LogP contribution in [-0.4, -0.2) is 0 Å². The summed E-state index contributed by atoms with van der Waals surface area (Å²) < 4.78 is 0. The molecule has 1 rings (SSSR count). The Kier molecular flexibility index (Phi) is 3.02. The first-order valence-electron chi connectivity index (χ1n) is 2.53. The molecule has 0 saturated heterocycles. The minimum absolute atomic E-state index is 0. The van der Waals surface area contributed by atoms with Gasteiger partial charge in [-0.3, -0.25) is 5.73 Å². The number of halogens is 1. The Morgan fingerprint density at radius 3 is 2.44 bits per heavy atom. The van der Waals surface area contributed by atoms with E-state index in [1.807, 2.05) is 25.3 Å². The van der Waals surface area contributed by atoms with Crippen LogP contribution >= 0.6 is 0 Å². The number of aryl methyl sites for hydroxylation is 1. The summed E-state index contributed by atoms with van der Waals surface area (Å²) in [6.07, 6.45) is 1.87. The molecule has 0 fully saturated rings. The lowest BCUT2D eigenvalue weighted by atomic mass is 10.3. The van der Waals surface area contributed by atoms with Gasteiger partial charge in [0.15, 0.2) is 0 Å². The summed E-state index contributed by atoms with van der Waals surface area (Å²) in [5.41, 5.74) is 6.56. The summed E-state index contributed by atoms with van der Waals surface area (Å²) in [5.74, 6) is 0.704. The molecule has 9 heavy (non-hydrogen) atoms. The molecule has 0 amide bonds. The first-order chi connectivity index (χ1) is 3.79. The normalized spacial score (nSPS) is 8.11. The zero-order valence-electron chi connectivity index (χ0n) is 5.19. The fourth-order valence-electron chi connectivity index (χ4n) is 0.515. The lowest BCUT2D eigenvalue weighted by Gasteiger charge is -1.84. The predicted molar refractivity (Wildman–Crippen MR) is 32.1 cm³/mol. The van der Waals surface area contributed by atoms with E-state index in [2.05, 4.69) is 4.98 Å². The van der Waals surface area contributed by atoms with E-state index in [1.54, 1.807) is 0 Å². The van der Waals surface area contributed by atoms with E-state index < -0.39 is 0 Å². The second-order valence-corrected chi connectivity index (χ2v) is 1.82. The van der Waals surface area contributed by atoms with Crippen LogP contribution in [0.15, 0.2) is 18.3 Å². The SMILES string of the molecule is Cc1ccc(N)[nH+]c1.[Cl-]. The van der Waals surface area contributed by atoms with Crippen molar-refractivity contribution in [2.24, 2.45) is 0 Å². The minimum atomic E-state index is 0. The maximum Gasteiger partial charge on any atom is 0.270 e. The van der Waals surface area contributed by atoms with E-state index in [0.717, 1.165) is 0 Å². The standard InChI is InChI=1S/C6H8N2.ClH/c1-5-2-3-6(7)8-4-5;/h2-4H,1H3,(H2,7,8);1H. The lowest BCUT2D eigenvalue weighted by Crippen LogP contribution is -3.00. The van der Waals surface area contributed by atoms with Crippen molar-refractivity contribution >= 4 is 5.82 Å². The zero-order valence-corrected chi connectivity index (χ0v) is 5.94. The van der Waals surface area contributed by atoms with Crippen molar-refractivity contribution in [2.45, 2.75) is 6.92 Å². The summed E-state index contributed by atoms with van der Waals surface area (Å²) in [4.78, 5) is 2.88. The molecule has 0 atom stereocenters. The fraction of sp³-hybridized carbons (Fsp3) is 0.167. The van der Waals surface area contributed by atoms with Gasteiger partial charge in [-0.2, -0.15) is 0 Å². The molecular formula is C6H9ClN2. The first-order valence-corrected chi connectivity index (χ1v) is 2.53. The van der Waals surface area contributed by atoms with Crippen LogP contribution in [-0.2, 0) is 0 Å². The van der Waals surface area contributed by atoms with Crippen molar-refractivity contribution in [2.75, 3.05) is 5.73 Å². The molecule has 0 aliphatic carbocycles. The van der Waals surface area contributed by atoms with Crippen molar-refractivity contribution in [3.05, 3.63) is 23.9 Å². The summed E-state index contributed by atoms with van der Waals surface area (Å²) in [6.45, 7) is 2.01. The Morgan fingerprint density at radius 2 is 2.11 bits per heavy atom. The Balaban J connectivity index is 0.000000640. The van der Waals surface area contributed by atoms with Crippen molar-refractivity contribution in [1.82, 2.24) is 0 Å². The van der Waals surface area contributed by atoms with Crippen LogP contribution in [0.3, 0.4) is 0 Å². The van der Waals surface area contributed by atoms with Crippen LogP contribution in [0.2, 0.25) is 0 Å². The molecular weight excluding hydrogens is 136 g/mol. The second kappa shape index (κ2) is 3.30. The molecule has 0 aliphatic rings.